The molecule has 15 heavy (non-hydrogen) atoms. The van der Waals surface area contributed by atoms with Gasteiger partial charge in [0, 0.05) is 22.2 Å². The predicted molar refractivity (Wildman–Crippen MR) is 60.8 cm³/mol. The summed E-state index contributed by atoms with van der Waals surface area (Å²) in [5.41, 5.74) is 7.68. The summed E-state index contributed by atoms with van der Waals surface area (Å²) >= 11 is 0. The number of oxazole rings is 1. The van der Waals surface area contributed by atoms with Crippen molar-refractivity contribution in [2.75, 3.05) is 11.5 Å². The highest BCUT2D eigenvalue weighted by atomic mass is 32.2. The zero-order chi connectivity index (χ0) is 10.8. The van der Waals surface area contributed by atoms with Crippen molar-refractivity contribution in [1.29, 1.82) is 0 Å². The lowest BCUT2D eigenvalue weighted by atomic mass is 10.3. The van der Waals surface area contributed by atoms with Crippen LogP contribution in [0.4, 0.5) is 5.69 Å². The van der Waals surface area contributed by atoms with E-state index < -0.39 is 10.8 Å². The molecule has 5 heteroatoms. The molecule has 4 nitrogen and oxygen atoms in total. The molecule has 0 saturated carbocycles. The second-order valence-corrected chi connectivity index (χ2v) is 4.95. The van der Waals surface area contributed by atoms with Crippen LogP contribution in [0, 0.1) is 0 Å². The first-order valence-electron chi connectivity index (χ1n) is 4.69. The fourth-order valence-electron chi connectivity index (χ4n) is 1.29. The van der Waals surface area contributed by atoms with E-state index in [0.717, 1.165) is 5.52 Å². The van der Waals surface area contributed by atoms with Crippen molar-refractivity contribution in [1.82, 2.24) is 4.98 Å². The molecule has 2 rings (SSSR count). The van der Waals surface area contributed by atoms with Crippen LogP contribution in [-0.2, 0) is 16.6 Å². The van der Waals surface area contributed by atoms with Gasteiger partial charge in [0.05, 0.1) is 0 Å². The number of anilines is 1. The fraction of sp³-hybridized carbons (Fsp3) is 0.300. The molecule has 80 valence electrons. The number of nitrogens with zero attached hydrogens (tertiary/aromatic N) is 1. The summed E-state index contributed by atoms with van der Waals surface area (Å²) in [4.78, 5) is 4.22. The smallest absolute Gasteiger partial charge is 0.208 e. The van der Waals surface area contributed by atoms with Crippen LogP contribution in [0.2, 0.25) is 0 Å². The first kappa shape index (κ1) is 10.2. The van der Waals surface area contributed by atoms with Crippen LogP contribution in [0.1, 0.15) is 12.8 Å². The van der Waals surface area contributed by atoms with Gasteiger partial charge in [0.1, 0.15) is 11.3 Å². The highest BCUT2D eigenvalue weighted by molar-refractivity contribution is 7.84. The maximum absolute atomic E-state index is 11.3. The fourth-order valence-corrected chi connectivity index (χ4v) is 1.90. The van der Waals surface area contributed by atoms with E-state index in [9.17, 15) is 4.21 Å². The second-order valence-electron chi connectivity index (χ2n) is 3.21. The molecular weight excluding hydrogens is 212 g/mol. The lowest BCUT2D eigenvalue weighted by Gasteiger charge is -1.91. The Morgan fingerprint density at radius 1 is 1.53 bits per heavy atom. The summed E-state index contributed by atoms with van der Waals surface area (Å²) in [6.07, 6.45) is 0. The minimum atomic E-state index is -0.897. The number of nitrogens with two attached hydrogens (primary N) is 1. The molecule has 2 aromatic rings. The molecular formula is C10H12N2O2S. The molecule has 0 aliphatic heterocycles. The Hall–Kier alpha value is -1.36. The Labute approximate surface area is 89.9 Å². The second kappa shape index (κ2) is 4.02. The van der Waals surface area contributed by atoms with Gasteiger partial charge in [-0.1, -0.05) is 6.92 Å². The average molecular weight is 224 g/mol. The Balaban J connectivity index is 2.34. The zero-order valence-corrected chi connectivity index (χ0v) is 9.21. The molecule has 0 aliphatic carbocycles. The normalized spacial score (nSPS) is 13.1. The van der Waals surface area contributed by atoms with E-state index in [4.69, 9.17) is 10.2 Å². The van der Waals surface area contributed by atoms with E-state index in [-0.39, 0.29) is 0 Å². The Kier molecular flexibility index (Phi) is 2.73. The van der Waals surface area contributed by atoms with E-state index in [1.807, 2.05) is 6.92 Å². The molecule has 0 saturated heterocycles. The number of hydrogen-bond acceptors (Lipinski definition) is 4. The topological polar surface area (TPSA) is 69.1 Å². The number of hydrogen-bond donors (Lipinski definition) is 1. The molecule has 1 aromatic heterocycles. The Morgan fingerprint density at radius 2 is 2.33 bits per heavy atom. The van der Waals surface area contributed by atoms with Gasteiger partial charge in [-0.25, -0.2) is 4.98 Å². The van der Waals surface area contributed by atoms with Gasteiger partial charge in [-0.15, -0.1) is 0 Å². The highest BCUT2D eigenvalue weighted by Gasteiger charge is 2.08. The zero-order valence-electron chi connectivity index (χ0n) is 8.40. The Morgan fingerprint density at radius 3 is 3.07 bits per heavy atom. The van der Waals surface area contributed by atoms with Crippen LogP contribution >= 0.6 is 0 Å². The summed E-state index contributed by atoms with van der Waals surface area (Å²) in [5, 5.41) is 0. The summed E-state index contributed by atoms with van der Waals surface area (Å²) in [5.74, 6) is 1.49. The highest BCUT2D eigenvalue weighted by Crippen LogP contribution is 2.18. The third kappa shape index (κ3) is 2.18. The number of fused-ring (bicyclic) bond motifs is 1. The van der Waals surface area contributed by atoms with Crippen molar-refractivity contribution in [3.8, 4) is 0 Å². The maximum Gasteiger partial charge on any atom is 0.208 e. The predicted octanol–water partition coefficient (Wildman–Crippen LogP) is 1.68. The molecule has 1 heterocycles. The lowest BCUT2D eigenvalue weighted by molar-refractivity contribution is 0.552. The number of rotatable bonds is 3. The van der Waals surface area contributed by atoms with Gasteiger partial charge in [-0.3, -0.25) is 4.21 Å². The first-order chi connectivity index (χ1) is 7.19. The van der Waals surface area contributed by atoms with Crippen LogP contribution in [-0.4, -0.2) is 14.9 Å². The summed E-state index contributed by atoms with van der Waals surface area (Å²) in [6, 6.07) is 5.28. The van der Waals surface area contributed by atoms with Crippen molar-refractivity contribution < 1.29 is 8.63 Å². The minimum Gasteiger partial charge on any atom is -0.440 e. The van der Waals surface area contributed by atoms with Crippen LogP contribution in [0.25, 0.3) is 11.1 Å². The first-order valence-corrected chi connectivity index (χ1v) is 6.17. The van der Waals surface area contributed by atoms with Crippen molar-refractivity contribution in [2.24, 2.45) is 0 Å². The van der Waals surface area contributed by atoms with E-state index >= 15 is 0 Å². The average Bonchev–Trinajstić information content (AvgIpc) is 2.59. The lowest BCUT2D eigenvalue weighted by Crippen LogP contribution is -1.97. The van der Waals surface area contributed by atoms with Gasteiger partial charge in [-0.2, -0.15) is 0 Å². The van der Waals surface area contributed by atoms with E-state index in [1.54, 1.807) is 18.2 Å². The summed E-state index contributed by atoms with van der Waals surface area (Å²) in [6.45, 7) is 1.87. The number of benzene rings is 1. The van der Waals surface area contributed by atoms with Gasteiger partial charge >= 0.3 is 0 Å². The van der Waals surface area contributed by atoms with E-state index in [2.05, 4.69) is 4.98 Å². The molecule has 0 aliphatic rings. The van der Waals surface area contributed by atoms with Gasteiger partial charge < -0.3 is 10.2 Å². The molecule has 1 unspecified atom stereocenters. The molecule has 0 amide bonds. The molecule has 0 radical (unpaired) electrons. The maximum atomic E-state index is 11.3. The number of aromatic nitrogens is 1. The standard InChI is InChI=1S/C10H12N2O2S/c1-2-15(13)6-10-12-8-5-7(11)3-4-9(8)14-10/h3-5H,2,6,11H2,1H3. The third-order valence-corrected chi connectivity index (χ3v) is 3.28. The van der Waals surface area contributed by atoms with Crippen LogP contribution < -0.4 is 5.73 Å². The number of nitrogen functional groups attached to an aromatic ring is 1. The van der Waals surface area contributed by atoms with Gasteiger partial charge in [-0.05, 0) is 18.2 Å². The van der Waals surface area contributed by atoms with Crippen LogP contribution in [0.5, 0.6) is 0 Å². The molecule has 2 N–H and O–H groups in total. The van der Waals surface area contributed by atoms with Crippen molar-refractivity contribution in [2.45, 2.75) is 12.7 Å². The Bertz CT molecular complexity index is 507. The van der Waals surface area contributed by atoms with Crippen LogP contribution in [0.3, 0.4) is 0 Å². The van der Waals surface area contributed by atoms with Crippen molar-refractivity contribution >= 4 is 27.6 Å². The summed E-state index contributed by atoms with van der Waals surface area (Å²) < 4.78 is 16.7. The largest absolute Gasteiger partial charge is 0.440 e. The van der Waals surface area contributed by atoms with Gasteiger partial charge in [0.2, 0.25) is 5.89 Å². The van der Waals surface area contributed by atoms with Gasteiger partial charge in [0.15, 0.2) is 5.58 Å². The molecule has 0 bridgehead atoms. The quantitative estimate of drug-likeness (QED) is 0.805. The molecule has 0 spiro atoms. The van der Waals surface area contributed by atoms with Crippen molar-refractivity contribution in [3.05, 3.63) is 24.1 Å². The SMILES string of the molecule is CCS(=O)Cc1nc2cc(N)ccc2o1. The molecule has 1 atom stereocenters. The minimum absolute atomic E-state index is 0.366. The van der Waals surface area contributed by atoms with E-state index in [0.29, 0.717) is 28.7 Å². The molecule has 1 aromatic carbocycles. The third-order valence-electron chi connectivity index (χ3n) is 2.06. The summed E-state index contributed by atoms with van der Waals surface area (Å²) in [7, 11) is -0.897. The van der Waals surface area contributed by atoms with Gasteiger partial charge in [0.25, 0.3) is 0 Å². The van der Waals surface area contributed by atoms with E-state index in [1.165, 1.54) is 0 Å². The van der Waals surface area contributed by atoms with Crippen LogP contribution in [0.15, 0.2) is 22.6 Å². The monoisotopic (exact) mass is 224 g/mol. The van der Waals surface area contributed by atoms with Crippen molar-refractivity contribution in [3.63, 3.8) is 0 Å². The molecule has 0 fully saturated rings.